The first-order valence-electron chi connectivity index (χ1n) is 5.69. The number of aryl methyl sites for hydroxylation is 1. The van der Waals surface area contributed by atoms with Gasteiger partial charge in [0.1, 0.15) is 5.82 Å². The van der Waals surface area contributed by atoms with Gasteiger partial charge in [-0.2, -0.15) is 11.8 Å². The maximum atomic E-state index is 4.36. The topological polar surface area (TPSA) is 24.9 Å². The molecule has 1 aliphatic rings. The van der Waals surface area contributed by atoms with Gasteiger partial charge in [-0.15, -0.1) is 0 Å². The Morgan fingerprint density at radius 2 is 2.25 bits per heavy atom. The minimum Gasteiger partial charge on any atom is -0.370 e. The Labute approximate surface area is 110 Å². The summed E-state index contributed by atoms with van der Waals surface area (Å²) in [6, 6.07) is 2.10. The van der Waals surface area contributed by atoms with Crippen molar-refractivity contribution in [2.45, 2.75) is 19.8 Å². The van der Waals surface area contributed by atoms with Crippen molar-refractivity contribution in [2.75, 3.05) is 23.4 Å². The Balaban J connectivity index is 1.86. The number of rotatable bonds is 3. The van der Waals surface area contributed by atoms with Crippen LogP contribution >= 0.6 is 27.7 Å². The number of pyridine rings is 1. The lowest BCUT2D eigenvalue weighted by molar-refractivity contribution is 0.515. The Morgan fingerprint density at radius 3 is 2.94 bits per heavy atom. The van der Waals surface area contributed by atoms with Gasteiger partial charge in [0.15, 0.2) is 0 Å². The zero-order valence-corrected chi connectivity index (χ0v) is 11.9. The first-order valence-corrected chi connectivity index (χ1v) is 7.64. The molecule has 0 amide bonds. The van der Waals surface area contributed by atoms with Gasteiger partial charge in [-0.25, -0.2) is 4.98 Å². The van der Waals surface area contributed by atoms with Crippen LogP contribution in [0.2, 0.25) is 0 Å². The van der Waals surface area contributed by atoms with E-state index < -0.39 is 0 Å². The van der Waals surface area contributed by atoms with Crippen molar-refractivity contribution in [1.29, 1.82) is 0 Å². The van der Waals surface area contributed by atoms with E-state index in [-0.39, 0.29) is 0 Å². The molecule has 0 bridgehead atoms. The number of thioether (sulfide) groups is 1. The van der Waals surface area contributed by atoms with E-state index in [0.717, 1.165) is 22.8 Å². The lowest BCUT2D eigenvalue weighted by Gasteiger charge is -2.21. The van der Waals surface area contributed by atoms with Gasteiger partial charge in [-0.1, -0.05) is 0 Å². The highest BCUT2D eigenvalue weighted by Gasteiger charge is 2.13. The molecule has 0 aliphatic carbocycles. The number of nitrogens with one attached hydrogen (secondary N) is 1. The number of nitrogens with zero attached hydrogens (tertiary/aromatic N) is 1. The maximum Gasteiger partial charge on any atom is 0.126 e. The summed E-state index contributed by atoms with van der Waals surface area (Å²) < 4.78 is 1.08. The van der Waals surface area contributed by atoms with Gasteiger partial charge in [-0.05, 0) is 64.7 Å². The molecule has 0 atom stereocenters. The Kier molecular flexibility index (Phi) is 4.53. The zero-order chi connectivity index (χ0) is 11.4. The molecule has 2 rings (SSSR count). The summed E-state index contributed by atoms with van der Waals surface area (Å²) in [5, 5.41) is 3.44. The van der Waals surface area contributed by atoms with Crippen molar-refractivity contribution < 1.29 is 0 Å². The molecule has 1 fully saturated rings. The SMILES string of the molecule is Cc1cc(NCC2CCSCC2)ncc1Br. The third-order valence-corrected chi connectivity index (χ3v) is 4.84. The Bertz CT molecular complexity index is 351. The highest BCUT2D eigenvalue weighted by Crippen LogP contribution is 2.23. The quantitative estimate of drug-likeness (QED) is 0.921. The van der Waals surface area contributed by atoms with Gasteiger partial charge < -0.3 is 5.32 Å². The van der Waals surface area contributed by atoms with Crippen LogP contribution in [0.5, 0.6) is 0 Å². The highest BCUT2D eigenvalue weighted by molar-refractivity contribution is 9.10. The van der Waals surface area contributed by atoms with Crippen molar-refractivity contribution in [3.8, 4) is 0 Å². The van der Waals surface area contributed by atoms with Gasteiger partial charge in [0.2, 0.25) is 0 Å². The summed E-state index contributed by atoms with van der Waals surface area (Å²) in [5.41, 5.74) is 1.23. The smallest absolute Gasteiger partial charge is 0.126 e. The molecule has 0 saturated carbocycles. The van der Waals surface area contributed by atoms with Crippen LogP contribution in [0.25, 0.3) is 0 Å². The molecule has 0 spiro atoms. The standard InChI is InChI=1S/C12H17BrN2S/c1-9-6-12(15-8-11(9)13)14-7-10-2-4-16-5-3-10/h6,8,10H,2-5,7H2,1H3,(H,14,15). The van der Waals surface area contributed by atoms with Gasteiger partial charge >= 0.3 is 0 Å². The Hall–Kier alpha value is -0.220. The van der Waals surface area contributed by atoms with E-state index >= 15 is 0 Å². The minimum absolute atomic E-state index is 0.826. The zero-order valence-electron chi connectivity index (χ0n) is 9.50. The highest BCUT2D eigenvalue weighted by atomic mass is 79.9. The molecule has 1 N–H and O–H groups in total. The van der Waals surface area contributed by atoms with Crippen LogP contribution in [-0.2, 0) is 0 Å². The van der Waals surface area contributed by atoms with E-state index in [4.69, 9.17) is 0 Å². The number of hydrogen-bond acceptors (Lipinski definition) is 3. The number of hydrogen-bond donors (Lipinski definition) is 1. The van der Waals surface area contributed by atoms with Crippen LogP contribution in [0, 0.1) is 12.8 Å². The fourth-order valence-electron chi connectivity index (χ4n) is 1.84. The second-order valence-electron chi connectivity index (χ2n) is 4.26. The van der Waals surface area contributed by atoms with Crippen LogP contribution in [0.15, 0.2) is 16.7 Å². The lowest BCUT2D eigenvalue weighted by atomic mass is 10.0. The summed E-state index contributed by atoms with van der Waals surface area (Å²) in [4.78, 5) is 4.36. The second-order valence-corrected chi connectivity index (χ2v) is 6.33. The van der Waals surface area contributed by atoms with E-state index in [1.54, 1.807) is 0 Å². The maximum absolute atomic E-state index is 4.36. The molecule has 0 unspecified atom stereocenters. The van der Waals surface area contributed by atoms with E-state index in [0.29, 0.717) is 0 Å². The van der Waals surface area contributed by atoms with Crippen molar-refractivity contribution in [3.63, 3.8) is 0 Å². The molecule has 0 radical (unpaired) electrons. The third-order valence-electron chi connectivity index (χ3n) is 2.96. The first kappa shape index (κ1) is 12.2. The fraction of sp³-hybridized carbons (Fsp3) is 0.583. The average Bonchev–Trinajstić information content (AvgIpc) is 2.32. The van der Waals surface area contributed by atoms with E-state index in [9.17, 15) is 0 Å². The summed E-state index contributed by atoms with van der Waals surface area (Å²) in [6.07, 6.45) is 4.55. The Morgan fingerprint density at radius 1 is 1.50 bits per heavy atom. The molecule has 1 aromatic rings. The molecule has 1 aliphatic heterocycles. The molecular formula is C12H17BrN2S. The first-order chi connectivity index (χ1) is 7.75. The van der Waals surface area contributed by atoms with Crippen molar-refractivity contribution in [1.82, 2.24) is 4.98 Å². The molecule has 2 heterocycles. The van der Waals surface area contributed by atoms with Crippen molar-refractivity contribution in [2.24, 2.45) is 5.92 Å². The molecule has 1 saturated heterocycles. The van der Waals surface area contributed by atoms with Gasteiger partial charge in [0.25, 0.3) is 0 Å². The number of anilines is 1. The number of aromatic nitrogens is 1. The van der Waals surface area contributed by atoms with Crippen LogP contribution in [0.4, 0.5) is 5.82 Å². The lowest BCUT2D eigenvalue weighted by Crippen LogP contribution is -2.19. The number of halogens is 1. The van der Waals surface area contributed by atoms with Gasteiger partial charge in [-0.3, -0.25) is 0 Å². The normalized spacial score (nSPS) is 17.4. The fourth-order valence-corrected chi connectivity index (χ4v) is 3.26. The minimum atomic E-state index is 0.826. The molecule has 1 aromatic heterocycles. The molecule has 0 aromatic carbocycles. The summed E-state index contributed by atoms with van der Waals surface area (Å²) >= 11 is 5.54. The average molecular weight is 301 g/mol. The summed E-state index contributed by atoms with van der Waals surface area (Å²) in [6.45, 7) is 3.16. The monoisotopic (exact) mass is 300 g/mol. The van der Waals surface area contributed by atoms with Crippen LogP contribution < -0.4 is 5.32 Å². The largest absolute Gasteiger partial charge is 0.370 e. The predicted octanol–water partition coefficient (Wildman–Crippen LogP) is 3.71. The molecule has 2 nitrogen and oxygen atoms in total. The second kappa shape index (κ2) is 5.92. The molecule has 88 valence electrons. The third kappa shape index (κ3) is 3.39. The van der Waals surface area contributed by atoms with E-state index in [1.165, 1.54) is 29.9 Å². The van der Waals surface area contributed by atoms with Crippen LogP contribution in [-0.4, -0.2) is 23.0 Å². The molecular weight excluding hydrogens is 284 g/mol. The van der Waals surface area contributed by atoms with Gasteiger partial charge in [0, 0.05) is 17.2 Å². The van der Waals surface area contributed by atoms with Crippen molar-refractivity contribution in [3.05, 3.63) is 22.3 Å². The van der Waals surface area contributed by atoms with Crippen molar-refractivity contribution >= 4 is 33.5 Å². The molecule has 4 heteroatoms. The van der Waals surface area contributed by atoms with Gasteiger partial charge in [0.05, 0.1) is 0 Å². The van der Waals surface area contributed by atoms with Crippen LogP contribution in [0.3, 0.4) is 0 Å². The summed E-state index contributed by atoms with van der Waals surface area (Å²) in [5.74, 6) is 4.46. The molecule has 16 heavy (non-hydrogen) atoms. The van der Waals surface area contributed by atoms with E-state index in [2.05, 4.69) is 51.0 Å². The van der Waals surface area contributed by atoms with Crippen LogP contribution in [0.1, 0.15) is 18.4 Å². The predicted molar refractivity (Wildman–Crippen MR) is 75.2 cm³/mol. The van der Waals surface area contributed by atoms with E-state index in [1.807, 2.05) is 6.20 Å². The summed E-state index contributed by atoms with van der Waals surface area (Å²) in [7, 11) is 0.